The van der Waals surface area contributed by atoms with Crippen LogP contribution in [-0.4, -0.2) is 26.0 Å². The Kier molecular flexibility index (Phi) is 2.73. The number of oxime groups is 1. The molecule has 1 aliphatic carbocycles. The van der Waals surface area contributed by atoms with Crippen LogP contribution in [0.5, 0.6) is 5.75 Å². The summed E-state index contributed by atoms with van der Waals surface area (Å²) >= 11 is 0. The Labute approximate surface area is 142 Å². The number of rotatable bonds is 1. The Morgan fingerprint density at radius 3 is 2.44 bits per heavy atom. The number of phenols is 1. The molecule has 3 N–H and O–H groups in total. The fourth-order valence-corrected chi connectivity index (χ4v) is 3.52. The lowest BCUT2D eigenvalue weighted by Crippen LogP contribution is -1.97. The first-order chi connectivity index (χ1) is 12.3. The lowest BCUT2D eigenvalue weighted by Gasteiger charge is -2.06. The van der Waals surface area contributed by atoms with E-state index in [0.29, 0.717) is 17.1 Å². The van der Waals surface area contributed by atoms with E-state index >= 15 is 0 Å². The van der Waals surface area contributed by atoms with Crippen LogP contribution in [0.2, 0.25) is 0 Å². The average Bonchev–Trinajstić information content (AvgIpc) is 3.19. The van der Waals surface area contributed by atoms with E-state index in [0.717, 1.165) is 33.3 Å². The van der Waals surface area contributed by atoms with Gasteiger partial charge in [-0.15, -0.1) is 0 Å². The number of H-pyrrole nitrogens is 1. The Balaban J connectivity index is 1.82. The number of hydrogen-bond acceptors (Lipinski definition) is 4. The van der Waals surface area contributed by atoms with Gasteiger partial charge in [-0.3, -0.25) is 0 Å². The van der Waals surface area contributed by atoms with Gasteiger partial charge in [0.2, 0.25) is 0 Å². The zero-order valence-corrected chi connectivity index (χ0v) is 13.1. The highest BCUT2D eigenvalue weighted by atomic mass is 16.4. The Hall–Kier alpha value is -3.60. The average molecular weight is 327 g/mol. The van der Waals surface area contributed by atoms with E-state index in [4.69, 9.17) is 0 Å². The first-order valence-electron chi connectivity index (χ1n) is 7.90. The summed E-state index contributed by atoms with van der Waals surface area (Å²) in [5, 5.41) is 22.7. The summed E-state index contributed by atoms with van der Waals surface area (Å²) in [6.45, 7) is 0. The molecule has 5 rings (SSSR count). The molecule has 0 amide bonds. The second kappa shape index (κ2) is 4.95. The molecule has 120 valence electrons. The molecule has 0 aliphatic heterocycles. The van der Waals surface area contributed by atoms with Crippen molar-refractivity contribution in [2.75, 3.05) is 0 Å². The van der Waals surface area contributed by atoms with Crippen molar-refractivity contribution in [1.82, 2.24) is 9.97 Å². The number of fused-ring (bicyclic) bond motifs is 4. The number of hydrogen-bond donors (Lipinski definition) is 3. The molecule has 4 aromatic rings. The van der Waals surface area contributed by atoms with E-state index in [1.807, 2.05) is 42.5 Å². The Bertz CT molecular complexity index is 1170. The summed E-state index contributed by atoms with van der Waals surface area (Å²) < 4.78 is 0. The largest absolute Gasteiger partial charge is 0.508 e. The molecule has 0 fully saturated rings. The Morgan fingerprint density at radius 1 is 0.840 bits per heavy atom. The van der Waals surface area contributed by atoms with Crippen molar-refractivity contribution in [2.24, 2.45) is 5.16 Å². The molecule has 0 unspecified atom stereocenters. The quantitative estimate of drug-likeness (QED) is 0.320. The van der Waals surface area contributed by atoms with Crippen LogP contribution >= 0.6 is 0 Å². The van der Waals surface area contributed by atoms with Crippen molar-refractivity contribution >= 4 is 16.7 Å². The lowest BCUT2D eigenvalue weighted by molar-refractivity contribution is 0.320. The van der Waals surface area contributed by atoms with E-state index < -0.39 is 0 Å². The number of nitrogens with zero attached hydrogens (tertiary/aromatic N) is 2. The summed E-state index contributed by atoms with van der Waals surface area (Å²) in [5.41, 5.74) is 6.85. The Morgan fingerprint density at radius 2 is 1.60 bits per heavy atom. The van der Waals surface area contributed by atoms with Gasteiger partial charge in [0.05, 0.1) is 11.0 Å². The van der Waals surface area contributed by atoms with Crippen LogP contribution in [0.3, 0.4) is 0 Å². The zero-order chi connectivity index (χ0) is 17.0. The molecular weight excluding hydrogens is 314 g/mol. The van der Waals surface area contributed by atoms with Crippen LogP contribution in [0.25, 0.3) is 33.5 Å². The van der Waals surface area contributed by atoms with Crippen molar-refractivity contribution in [2.45, 2.75) is 0 Å². The van der Waals surface area contributed by atoms with Crippen molar-refractivity contribution in [3.8, 4) is 28.3 Å². The lowest BCUT2D eigenvalue weighted by atomic mass is 9.99. The molecule has 25 heavy (non-hydrogen) atoms. The van der Waals surface area contributed by atoms with Crippen LogP contribution in [0.4, 0.5) is 0 Å². The summed E-state index contributed by atoms with van der Waals surface area (Å²) in [6.07, 6.45) is 0. The van der Waals surface area contributed by atoms with Crippen LogP contribution in [-0.2, 0) is 0 Å². The van der Waals surface area contributed by atoms with Gasteiger partial charge < -0.3 is 15.3 Å². The SMILES string of the molecule is O/N=C1/c2ccccc2-c2c1cccc2-c1nc2cc(O)ccc2[nH]1. The third-order valence-electron chi connectivity index (χ3n) is 4.59. The molecule has 1 aliphatic rings. The zero-order valence-electron chi connectivity index (χ0n) is 13.1. The van der Waals surface area contributed by atoms with Gasteiger partial charge in [-0.25, -0.2) is 4.98 Å². The highest BCUT2D eigenvalue weighted by molar-refractivity contribution is 6.26. The van der Waals surface area contributed by atoms with E-state index in [1.165, 1.54) is 0 Å². The highest BCUT2D eigenvalue weighted by Gasteiger charge is 2.28. The smallest absolute Gasteiger partial charge is 0.139 e. The van der Waals surface area contributed by atoms with Crippen LogP contribution in [0.1, 0.15) is 11.1 Å². The van der Waals surface area contributed by atoms with Crippen LogP contribution in [0.15, 0.2) is 65.8 Å². The summed E-state index contributed by atoms with van der Waals surface area (Å²) in [7, 11) is 0. The third-order valence-corrected chi connectivity index (χ3v) is 4.59. The van der Waals surface area contributed by atoms with Gasteiger partial charge in [-0.2, -0.15) is 0 Å². The number of aromatic nitrogens is 2. The molecule has 0 saturated carbocycles. The standard InChI is InChI=1S/C20H13N3O2/c24-11-8-9-16-17(10-11)22-20(21-16)15-7-3-6-14-18(15)12-4-1-2-5-13(12)19(14)23-25/h1-10,24-25H,(H,21,22)/b23-19-. The maximum atomic E-state index is 9.66. The molecule has 1 heterocycles. The highest BCUT2D eigenvalue weighted by Crippen LogP contribution is 2.42. The van der Waals surface area contributed by atoms with E-state index in [9.17, 15) is 10.3 Å². The third kappa shape index (κ3) is 1.89. The molecule has 1 aromatic heterocycles. The van der Waals surface area contributed by atoms with Gasteiger partial charge in [0.25, 0.3) is 0 Å². The monoisotopic (exact) mass is 327 g/mol. The molecule has 0 saturated heterocycles. The second-order valence-electron chi connectivity index (χ2n) is 6.01. The maximum Gasteiger partial charge on any atom is 0.139 e. The van der Waals surface area contributed by atoms with Gasteiger partial charge in [-0.1, -0.05) is 47.6 Å². The summed E-state index contributed by atoms with van der Waals surface area (Å²) in [6, 6.07) is 18.8. The summed E-state index contributed by atoms with van der Waals surface area (Å²) in [4.78, 5) is 7.94. The van der Waals surface area contributed by atoms with Gasteiger partial charge in [0.15, 0.2) is 0 Å². The van der Waals surface area contributed by atoms with Gasteiger partial charge in [-0.05, 0) is 17.7 Å². The molecule has 5 nitrogen and oxygen atoms in total. The van der Waals surface area contributed by atoms with Crippen molar-refractivity contribution in [3.05, 3.63) is 71.8 Å². The minimum atomic E-state index is 0.184. The van der Waals surface area contributed by atoms with Crippen molar-refractivity contribution in [1.29, 1.82) is 0 Å². The van der Waals surface area contributed by atoms with Gasteiger partial charge in [0.1, 0.15) is 17.3 Å². The van der Waals surface area contributed by atoms with Crippen LogP contribution < -0.4 is 0 Å². The summed E-state index contributed by atoms with van der Waals surface area (Å²) in [5.74, 6) is 0.898. The molecule has 0 bridgehead atoms. The number of nitrogens with one attached hydrogen (secondary N) is 1. The molecule has 5 heteroatoms. The topological polar surface area (TPSA) is 81.5 Å². The molecule has 3 aromatic carbocycles. The normalized spacial score (nSPS) is 14.0. The van der Waals surface area contributed by atoms with Crippen LogP contribution in [0, 0.1) is 0 Å². The first-order valence-corrected chi connectivity index (χ1v) is 7.90. The number of aromatic hydroxyl groups is 1. The minimum Gasteiger partial charge on any atom is -0.508 e. The maximum absolute atomic E-state index is 9.66. The molecule has 0 atom stereocenters. The predicted octanol–water partition coefficient (Wildman–Crippen LogP) is 4.14. The van der Waals surface area contributed by atoms with E-state index in [2.05, 4.69) is 15.1 Å². The van der Waals surface area contributed by atoms with Gasteiger partial charge >= 0.3 is 0 Å². The predicted molar refractivity (Wildman–Crippen MR) is 96.1 cm³/mol. The second-order valence-corrected chi connectivity index (χ2v) is 6.01. The van der Waals surface area contributed by atoms with Crippen molar-refractivity contribution in [3.63, 3.8) is 0 Å². The minimum absolute atomic E-state index is 0.184. The first kappa shape index (κ1) is 13.8. The fraction of sp³-hybridized carbons (Fsp3) is 0. The van der Waals surface area contributed by atoms with E-state index in [-0.39, 0.29) is 5.75 Å². The fourth-order valence-electron chi connectivity index (χ4n) is 3.52. The number of phenolic OH excluding ortho intramolecular Hbond substituents is 1. The number of imidazole rings is 1. The van der Waals surface area contributed by atoms with Crippen molar-refractivity contribution < 1.29 is 10.3 Å². The number of aromatic amines is 1. The molecule has 0 spiro atoms. The molecule has 0 radical (unpaired) electrons. The molecular formula is C20H13N3O2. The van der Waals surface area contributed by atoms with E-state index in [1.54, 1.807) is 18.2 Å². The van der Waals surface area contributed by atoms with Gasteiger partial charge in [0, 0.05) is 28.3 Å². The number of benzene rings is 3.